The third-order valence-electron chi connectivity index (χ3n) is 2.20. The largest absolute Gasteiger partial charge is 0.508 e. The molecule has 0 unspecified atom stereocenters. The molecule has 2 heterocycles. The normalized spacial score (nSPS) is 11.0. The van der Waals surface area contributed by atoms with E-state index in [1.54, 1.807) is 18.2 Å². The zero-order chi connectivity index (χ0) is 11.1. The summed E-state index contributed by atoms with van der Waals surface area (Å²) in [6.45, 7) is 0. The second-order valence-corrected chi connectivity index (χ2v) is 3.28. The van der Waals surface area contributed by atoms with Crippen LogP contribution in [0.15, 0.2) is 22.8 Å². The number of benzene rings is 1. The van der Waals surface area contributed by atoms with Crippen LogP contribution in [0.25, 0.3) is 22.6 Å². The minimum absolute atomic E-state index is 0.161. The van der Waals surface area contributed by atoms with E-state index in [0.29, 0.717) is 22.6 Å². The molecular weight excluding hydrogens is 210 g/mol. The number of imidazole rings is 1. The number of nitrogens with two attached hydrogens (primary N) is 1. The van der Waals surface area contributed by atoms with Gasteiger partial charge >= 0.3 is 0 Å². The van der Waals surface area contributed by atoms with Crippen molar-refractivity contribution in [1.82, 2.24) is 20.3 Å². The average Bonchev–Trinajstić information content (AvgIpc) is 2.82. The van der Waals surface area contributed by atoms with E-state index in [1.807, 2.05) is 0 Å². The van der Waals surface area contributed by atoms with Crippen LogP contribution in [0.3, 0.4) is 0 Å². The van der Waals surface area contributed by atoms with E-state index < -0.39 is 0 Å². The van der Waals surface area contributed by atoms with Gasteiger partial charge in [0.25, 0.3) is 0 Å². The Morgan fingerprint density at radius 1 is 1.31 bits per heavy atom. The number of nitrogens with one attached hydrogen (secondary N) is 1. The first-order valence-electron chi connectivity index (χ1n) is 4.51. The number of aromatic nitrogens is 4. The van der Waals surface area contributed by atoms with Crippen molar-refractivity contribution >= 4 is 16.9 Å². The lowest BCUT2D eigenvalue weighted by atomic mass is 10.3. The third-order valence-corrected chi connectivity index (χ3v) is 2.20. The third kappa shape index (κ3) is 1.18. The number of aromatic hydroxyl groups is 1. The van der Waals surface area contributed by atoms with Crippen LogP contribution >= 0.6 is 0 Å². The molecule has 3 aromatic rings. The number of nitrogens with zero attached hydrogens (tertiary/aromatic N) is 3. The Morgan fingerprint density at radius 3 is 2.94 bits per heavy atom. The molecule has 16 heavy (non-hydrogen) atoms. The first kappa shape index (κ1) is 8.72. The van der Waals surface area contributed by atoms with Crippen LogP contribution in [0.4, 0.5) is 5.82 Å². The minimum Gasteiger partial charge on any atom is -0.508 e. The molecule has 0 amide bonds. The van der Waals surface area contributed by atoms with Crippen LogP contribution < -0.4 is 5.73 Å². The highest BCUT2D eigenvalue weighted by atomic mass is 16.6. The van der Waals surface area contributed by atoms with Crippen LogP contribution in [-0.4, -0.2) is 25.4 Å². The topological polar surface area (TPSA) is 114 Å². The molecule has 0 radical (unpaired) electrons. The highest BCUT2D eigenvalue weighted by Gasteiger charge is 2.13. The maximum Gasteiger partial charge on any atom is 0.199 e. The summed E-state index contributed by atoms with van der Waals surface area (Å²) in [5.74, 6) is 0.788. The summed E-state index contributed by atoms with van der Waals surface area (Å²) in [6.07, 6.45) is 0. The predicted octanol–water partition coefficient (Wildman–Crippen LogP) is 0.901. The number of phenolic OH excluding ortho intramolecular Hbond substituents is 1. The first-order chi connectivity index (χ1) is 7.74. The van der Waals surface area contributed by atoms with E-state index in [2.05, 4.69) is 24.9 Å². The van der Waals surface area contributed by atoms with E-state index in [-0.39, 0.29) is 11.6 Å². The molecule has 7 heteroatoms. The summed E-state index contributed by atoms with van der Waals surface area (Å²) in [7, 11) is 0. The van der Waals surface area contributed by atoms with Gasteiger partial charge in [-0.15, -0.1) is 0 Å². The van der Waals surface area contributed by atoms with Crippen molar-refractivity contribution in [2.75, 3.05) is 5.73 Å². The number of nitrogen functional groups attached to an aromatic ring is 1. The number of fused-ring (bicyclic) bond motifs is 1. The lowest BCUT2D eigenvalue weighted by Crippen LogP contribution is -1.89. The van der Waals surface area contributed by atoms with E-state index in [1.165, 1.54) is 0 Å². The molecule has 1 aromatic carbocycles. The Hall–Kier alpha value is -2.57. The Bertz CT molecular complexity index is 657. The monoisotopic (exact) mass is 217 g/mol. The van der Waals surface area contributed by atoms with Crippen LogP contribution in [0.2, 0.25) is 0 Å². The lowest BCUT2D eigenvalue weighted by molar-refractivity contribution is 0.310. The number of phenols is 1. The maximum atomic E-state index is 9.31. The molecule has 0 bridgehead atoms. The van der Waals surface area contributed by atoms with Gasteiger partial charge in [-0.3, -0.25) is 0 Å². The lowest BCUT2D eigenvalue weighted by Gasteiger charge is -1.88. The van der Waals surface area contributed by atoms with Crippen molar-refractivity contribution in [3.05, 3.63) is 18.2 Å². The number of hydrogen-bond acceptors (Lipinski definition) is 6. The fraction of sp³-hybridized carbons (Fsp3) is 0. The van der Waals surface area contributed by atoms with E-state index in [9.17, 15) is 5.11 Å². The molecular formula is C9H7N5O2. The summed E-state index contributed by atoms with van der Waals surface area (Å²) < 4.78 is 4.49. The summed E-state index contributed by atoms with van der Waals surface area (Å²) in [5, 5.41) is 16.4. The highest BCUT2D eigenvalue weighted by molar-refractivity contribution is 5.81. The van der Waals surface area contributed by atoms with Crippen molar-refractivity contribution in [1.29, 1.82) is 0 Å². The molecule has 3 rings (SSSR count). The predicted molar refractivity (Wildman–Crippen MR) is 55.5 cm³/mol. The van der Waals surface area contributed by atoms with Gasteiger partial charge in [0.1, 0.15) is 5.75 Å². The van der Waals surface area contributed by atoms with Crippen molar-refractivity contribution in [2.24, 2.45) is 0 Å². The second-order valence-electron chi connectivity index (χ2n) is 3.28. The van der Waals surface area contributed by atoms with Crippen LogP contribution in [-0.2, 0) is 0 Å². The SMILES string of the molecule is Nc1nonc1-c1nc2ccc(O)cc2[nH]1. The summed E-state index contributed by atoms with van der Waals surface area (Å²) in [4.78, 5) is 7.21. The fourth-order valence-electron chi connectivity index (χ4n) is 1.47. The van der Waals surface area contributed by atoms with Gasteiger partial charge in [-0.25, -0.2) is 9.61 Å². The Labute approximate surface area is 88.9 Å². The molecule has 0 aliphatic heterocycles. The van der Waals surface area contributed by atoms with E-state index >= 15 is 0 Å². The van der Waals surface area contributed by atoms with Gasteiger partial charge in [-0.1, -0.05) is 0 Å². The van der Waals surface area contributed by atoms with Gasteiger partial charge in [-0.2, -0.15) is 0 Å². The molecule has 0 saturated carbocycles. The van der Waals surface area contributed by atoms with Gasteiger partial charge < -0.3 is 15.8 Å². The summed E-state index contributed by atoms with van der Waals surface area (Å²) in [6, 6.07) is 4.81. The minimum atomic E-state index is 0.161. The number of H-pyrrole nitrogens is 1. The number of hydrogen-bond donors (Lipinski definition) is 3. The van der Waals surface area contributed by atoms with Crippen molar-refractivity contribution in [3.63, 3.8) is 0 Å². The highest BCUT2D eigenvalue weighted by Crippen LogP contribution is 2.24. The van der Waals surface area contributed by atoms with Crippen molar-refractivity contribution in [2.45, 2.75) is 0 Å². The van der Waals surface area contributed by atoms with Gasteiger partial charge in [0.15, 0.2) is 17.3 Å². The Morgan fingerprint density at radius 2 is 2.19 bits per heavy atom. The number of aromatic amines is 1. The van der Waals surface area contributed by atoms with E-state index in [4.69, 9.17) is 5.73 Å². The van der Waals surface area contributed by atoms with Crippen LogP contribution in [0.5, 0.6) is 5.75 Å². The van der Waals surface area contributed by atoms with Crippen molar-refractivity contribution in [3.8, 4) is 17.3 Å². The summed E-state index contributed by atoms with van der Waals surface area (Å²) >= 11 is 0. The first-order valence-corrected chi connectivity index (χ1v) is 4.51. The van der Waals surface area contributed by atoms with Gasteiger partial charge in [0.05, 0.1) is 11.0 Å². The molecule has 4 N–H and O–H groups in total. The smallest absolute Gasteiger partial charge is 0.199 e. The molecule has 2 aromatic heterocycles. The van der Waals surface area contributed by atoms with Crippen LogP contribution in [0, 0.1) is 0 Å². The molecule has 0 aliphatic rings. The van der Waals surface area contributed by atoms with Gasteiger partial charge in [0.2, 0.25) is 0 Å². The Balaban J connectivity index is 2.23. The van der Waals surface area contributed by atoms with Gasteiger partial charge in [-0.05, 0) is 22.4 Å². The molecule has 7 nitrogen and oxygen atoms in total. The molecule has 0 saturated heterocycles. The molecule has 0 atom stereocenters. The molecule has 0 aliphatic carbocycles. The quantitative estimate of drug-likeness (QED) is 0.558. The fourth-order valence-corrected chi connectivity index (χ4v) is 1.47. The number of anilines is 1. The van der Waals surface area contributed by atoms with Gasteiger partial charge in [0, 0.05) is 6.07 Å². The van der Waals surface area contributed by atoms with Crippen LogP contribution in [0.1, 0.15) is 0 Å². The zero-order valence-corrected chi connectivity index (χ0v) is 8.01. The molecule has 0 spiro atoms. The van der Waals surface area contributed by atoms with Crippen molar-refractivity contribution < 1.29 is 9.74 Å². The Kier molecular flexibility index (Phi) is 1.61. The summed E-state index contributed by atoms with van der Waals surface area (Å²) in [5.41, 5.74) is 7.30. The van der Waals surface area contributed by atoms with E-state index in [0.717, 1.165) is 0 Å². The number of rotatable bonds is 1. The second kappa shape index (κ2) is 2.96. The average molecular weight is 217 g/mol. The molecule has 80 valence electrons. The zero-order valence-electron chi connectivity index (χ0n) is 8.01. The molecule has 0 fully saturated rings. The maximum absolute atomic E-state index is 9.31. The standard InChI is InChI=1S/C9H7N5O2/c10-8-7(13-16-14-8)9-11-5-2-1-4(15)3-6(5)12-9/h1-3,15H,(H2,10,14)(H,11,12).